The molecule has 3 heterocycles. The first kappa shape index (κ1) is 15.3. The zero-order chi connectivity index (χ0) is 15.7. The molecular formula is C17H26N4O. The lowest BCUT2D eigenvalue weighted by Crippen LogP contribution is -2.51. The van der Waals surface area contributed by atoms with Crippen molar-refractivity contribution in [3.8, 4) is 0 Å². The summed E-state index contributed by atoms with van der Waals surface area (Å²) in [5.74, 6) is 1.19. The quantitative estimate of drug-likeness (QED) is 0.841. The minimum atomic E-state index is 0.319. The van der Waals surface area contributed by atoms with E-state index in [1.165, 1.54) is 0 Å². The van der Waals surface area contributed by atoms with Gasteiger partial charge in [0.15, 0.2) is 0 Å². The van der Waals surface area contributed by atoms with Crippen molar-refractivity contribution >= 4 is 11.9 Å². The highest BCUT2D eigenvalue weighted by Gasteiger charge is 2.40. The summed E-state index contributed by atoms with van der Waals surface area (Å²) in [4.78, 5) is 25.4. The zero-order valence-corrected chi connectivity index (χ0v) is 13.9. The van der Waals surface area contributed by atoms with Gasteiger partial charge in [0.05, 0.1) is 0 Å². The Bertz CT molecular complexity index is 544. The third kappa shape index (κ3) is 2.94. The summed E-state index contributed by atoms with van der Waals surface area (Å²) in [6.07, 6.45) is 4.03. The van der Waals surface area contributed by atoms with E-state index in [9.17, 15) is 4.79 Å². The molecule has 2 fully saturated rings. The van der Waals surface area contributed by atoms with Crippen LogP contribution in [0.4, 0.5) is 5.95 Å². The number of hydrogen-bond acceptors (Lipinski definition) is 4. The second-order valence-electron chi connectivity index (χ2n) is 6.85. The minimum absolute atomic E-state index is 0.319. The lowest BCUT2D eigenvalue weighted by atomic mass is 9.72. The number of aryl methyl sites for hydroxylation is 2. The van der Waals surface area contributed by atoms with Gasteiger partial charge in [0.1, 0.15) is 0 Å². The van der Waals surface area contributed by atoms with Gasteiger partial charge in [-0.25, -0.2) is 9.97 Å². The Labute approximate surface area is 132 Å². The van der Waals surface area contributed by atoms with E-state index < -0.39 is 0 Å². The third-order valence-electron chi connectivity index (χ3n) is 5.21. The van der Waals surface area contributed by atoms with Gasteiger partial charge >= 0.3 is 0 Å². The van der Waals surface area contributed by atoms with E-state index in [2.05, 4.69) is 21.8 Å². The number of anilines is 1. The van der Waals surface area contributed by atoms with E-state index in [1.54, 1.807) is 0 Å². The van der Waals surface area contributed by atoms with Crippen molar-refractivity contribution in [1.29, 1.82) is 0 Å². The molecule has 0 atom stereocenters. The van der Waals surface area contributed by atoms with Gasteiger partial charge in [-0.2, -0.15) is 0 Å². The first-order valence-corrected chi connectivity index (χ1v) is 8.36. The summed E-state index contributed by atoms with van der Waals surface area (Å²) >= 11 is 0. The van der Waals surface area contributed by atoms with Crippen molar-refractivity contribution in [2.75, 3.05) is 31.1 Å². The maximum absolute atomic E-state index is 11.9. The van der Waals surface area contributed by atoms with Crippen LogP contribution in [0.2, 0.25) is 0 Å². The molecule has 0 N–H and O–H groups in total. The van der Waals surface area contributed by atoms with Crippen LogP contribution < -0.4 is 4.90 Å². The van der Waals surface area contributed by atoms with Crippen LogP contribution in [0.1, 0.15) is 44.0 Å². The van der Waals surface area contributed by atoms with E-state index in [1.807, 2.05) is 24.8 Å². The molecule has 1 spiro atoms. The molecule has 1 amide bonds. The number of carbonyl (C=O) groups is 1. The maximum atomic E-state index is 11.9. The summed E-state index contributed by atoms with van der Waals surface area (Å²) in [5.41, 5.74) is 2.38. The predicted molar refractivity (Wildman–Crippen MR) is 86.9 cm³/mol. The molecule has 120 valence electrons. The normalized spacial score (nSPS) is 21.5. The van der Waals surface area contributed by atoms with Crippen molar-refractivity contribution < 1.29 is 4.79 Å². The van der Waals surface area contributed by atoms with Crippen LogP contribution in [0.25, 0.3) is 0 Å². The SMILES string of the molecule is CCN1CC2(CCC1=O)CCN(c1nc(C)cc(C)n1)CC2. The fourth-order valence-electron chi connectivity index (χ4n) is 3.83. The van der Waals surface area contributed by atoms with Crippen molar-refractivity contribution in [2.24, 2.45) is 5.41 Å². The van der Waals surface area contributed by atoms with Crippen molar-refractivity contribution in [3.05, 3.63) is 17.5 Å². The molecule has 0 unspecified atom stereocenters. The van der Waals surface area contributed by atoms with Gasteiger partial charge in [-0.1, -0.05) is 0 Å². The minimum Gasteiger partial charge on any atom is -0.342 e. The third-order valence-corrected chi connectivity index (χ3v) is 5.21. The molecule has 3 rings (SSSR count). The fraction of sp³-hybridized carbons (Fsp3) is 0.706. The number of amides is 1. The summed E-state index contributed by atoms with van der Waals surface area (Å²) < 4.78 is 0. The molecule has 2 saturated heterocycles. The highest BCUT2D eigenvalue weighted by Crippen LogP contribution is 2.40. The first-order valence-electron chi connectivity index (χ1n) is 8.36. The number of carbonyl (C=O) groups excluding carboxylic acids is 1. The summed E-state index contributed by atoms with van der Waals surface area (Å²) in [5, 5.41) is 0. The Hall–Kier alpha value is -1.65. The van der Waals surface area contributed by atoms with Gasteiger partial charge in [0.25, 0.3) is 0 Å². The average Bonchev–Trinajstić information content (AvgIpc) is 2.50. The number of piperidine rings is 2. The molecule has 0 aliphatic carbocycles. The van der Waals surface area contributed by atoms with Crippen LogP contribution >= 0.6 is 0 Å². The number of likely N-dealkylation sites (tertiary alicyclic amines) is 1. The second-order valence-corrected chi connectivity index (χ2v) is 6.85. The molecule has 1 aromatic rings. The van der Waals surface area contributed by atoms with E-state index in [0.29, 0.717) is 17.7 Å². The van der Waals surface area contributed by atoms with Crippen LogP contribution in [0, 0.1) is 19.3 Å². The van der Waals surface area contributed by atoms with Crippen molar-refractivity contribution in [1.82, 2.24) is 14.9 Å². The van der Waals surface area contributed by atoms with E-state index in [0.717, 1.165) is 62.8 Å². The molecular weight excluding hydrogens is 276 g/mol. The van der Waals surface area contributed by atoms with Crippen LogP contribution in [0.15, 0.2) is 6.07 Å². The lowest BCUT2D eigenvalue weighted by molar-refractivity contribution is -0.137. The van der Waals surface area contributed by atoms with Crippen molar-refractivity contribution in [2.45, 2.75) is 46.5 Å². The maximum Gasteiger partial charge on any atom is 0.225 e. The zero-order valence-electron chi connectivity index (χ0n) is 13.9. The molecule has 5 heteroatoms. The molecule has 0 radical (unpaired) electrons. The molecule has 22 heavy (non-hydrogen) atoms. The molecule has 5 nitrogen and oxygen atoms in total. The Morgan fingerprint density at radius 3 is 2.36 bits per heavy atom. The van der Waals surface area contributed by atoms with Gasteiger partial charge < -0.3 is 9.80 Å². The molecule has 2 aliphatic rings. The van der Waals surface area contributed by atoms with E-state index in [-0.39, 0.29) is 0 Å². The van der Waals surface area contributed by atoms with Crippen LogP contribution in [-0.4, -0.2) is 47.0 Å². The summed E-state index contributed by atoms with van der Waals surface area (Å²) in [7, 11) is 0. The lowest BCUT2D eigenvalue weighted by Gasteiger charge is -2.47. The van der Waals surface area contributed by atoms with Gasteiger partial charge in [-0.05, 0) is 51.5 Å². The topological polar surface area (TPSA) is 49.3 Å². The van der Waals surface area contributed by atoms with E-state index >= 15 is 0 Å². The number of nitrogens with zero attached hydrogens (tertiary/aromatic N) is 4. The van der Waals surface area contributed by atoms with E-state index in [4.69, 9.17) is 0 Å². The van der Waals surface area contributed by atoms with Crippen LogP contribution in [0.5, 0.6) is 0 Å². The molecule has 0 aromatic carbocycles. The first-order chi connectivity index (χ1) is 10.5. The Balaban J connectivity index is 1.68. The van der Waals surface area contributed by atoms with Gasteiger partial charge in [-0.15, -0.1) is 0 Å². The molecule has 2 aliphatic heterocycles. The highest BCUT2D eigenvalue weighted by molar-refractivity contribution is 5.77. The Morgan fingerprint density at radius 1 is 1.14 bits per heavy atom. The summed E-state index contributed by atoms with van der Waals surface area (Å²) in [6, 6.07) is 2.01. The Morgan fingerprint density at radius 2 is 1.77 bits per heavy atom. The predicted octanol–water partition coefficient (Wildman–Crippen LogP) is 2.32. The largest absolute Gasteiger partial charge is 0.342 e. The smallest absolute Gasteiger partial charge is 0.225 e. The molecule has 0 bridgehead atoms. The number of aromatic nitrogens is 2. The molecule has 0 saturated carbocycles. The monoisotopic (exact) mass is 302 g/mol. The fourth-order valence-corrected chi connectivity index (χ4v) is 3.83. The van der Waals surface area contributed by atoms with Crippen molar-refractivity contribution in [3.63, 3.8) is 0 Å². The molecule has 1 aromatic heterocycles. The Kier molecular flexibility index (Phi) is 4.06. The number of rotatable bonds is 2. The van der Waals surface area contributed by atoms with Gasteiger partial charge in [0, 0.05) is 44.0 Å². The average molecular weight is 302 g/mol. The van der Waals surface area contributed by atoms with Gasteiger partial charge in [-0.3, -0.25) is 4.79 Å². The van der Waals surface area contributed by atoms with Crippen LogP contribution in [-0.2, 0) is 4.79 Å². The second kappa shape index (κ2) is 5.86. The van der Waals surface area contributed by atoms with Gasteiger partial charge in [0.2, 0.25) is 11.9 Å². The standard InChI is InChI=1S/C17H26N4O/c1-4-20-12-17(6-5-15(20)22)7-9-21(10-8-17)16-18-13(2)11-14(3)19-16/h11H,4-10,12H2,1-3H3. The number of hydrogen-bond donors (Lipinski definition) is 0. The highest BCUT2D eigenvalue weighted by atomic mass is 16.2. The van der Waals surface area contributed by atoms with Crippen LogP contribution in [0.3, 0.4) is 0 Å². The summed E-state index contributed by atoms with van der Waals surface area (Å²) in [6.45, 7) is 9.89.